The molecular formula is C12H18N4O. The fourth-order valence-corrected chi connectivity index (χ4v) is 2.08. The van der Waals surface area contributed by atoms with Crippen LogP contribution in [0.15, 0.2) is 18.3 Å². The molecule has 2 heterocycles. The predicted octanol–water partition coefficient (Wildman–Crippen LogP) is 0.226. The lowest BCUT2D eigenvalue weighted by Gasteiger charge is -2.17. The Kier molecular flexibility index (Phi) is 3.58. The third-order valence-corrected chi connectivity index (χ3v) is 3.18. The van der Waals surface area contributed by atoms with Crippen LogP contribution >= 0.6 is 0 Å². The summed E-state index contributed by atoms with van der Waals surface area (Å²) >= 11 is 0. The SMILES string of the molecule is CNC(=O)c1ccc(N2CCC(CN)C2)nc1. The molecule has 17 heavy (non-hydrogen) atoms. The number of nitrogens with two attached hydrogens (primary N) is 1. The first kappa shape index (κ1) is 11.9. The van der Waals surface area contributed by atoms with Crippen LogP contribution in [0.25, 0.3) is 0 Å². The summed E-state index contributed by atoms with van der Waals surface area (Å²) < 4.78 is 0. The summed E-state index contributed by atoms with van der Waals surface area (Å²) in [6.07, 6.45) is 2.74. The molecular weight excluding hydrogens is 216 g/mol. The van der Waals surface area contributed by atoms with Crippen LogP contribution < -0.4 is 16.0 Å². The van der Waals surface area contributed by atoms with Crippen molar-refractivity contribution in [3.63, 3.8) is 0 Å². The van der Waals surface area contributed by atoms with E-state index in [2.05, 4.69) is 15.2 Å². The molecule has 1 atom stereocenters. The molecule has 5 nitrogen and oxygen atoms in total. The molecule has 1 aliphatic rings. The van der Waals surface area contributed by atoms with Gasteiger partial charge in [-0.2, -0.15) is 0 Å². The number of nitrogens with one attached hydrogen (secondary N) is 1. The van der Waals surface area contributed by atoms with Gasteiger partial charge in [-0.05, 0) is 31.0 Å². The van der Waals surface area contributed by atoms with E-state index < -0.39 is 0 Å². The van der Waals surface area contributed by atoms with E-state index in [9.17, 15) is 4.79 Å². The van der Waals surface area contributed by atoms with Crippen molar-refractivity contribution in [2.45, 2.75) is 6.42 Å². The highest BCUT2D eigenvalue weighted by Crippen LogP contribution is 2.21. The van der Waals surface area contributed by atoms with Crippen molar-refractivity contribution in [2.75, 3.05) is 31.6 Å². The first-order valence-electron chi connectivity index (χ1n) is 5.87. The standard InChI is InChI=1S/C12H18N4O/c1-14-12(17)10-2-3-11(15-7-10)16-5-4-9(6-13)8-16/h2-3,7,9H,4-6,8,13H2,1H3,(H,14,17). The minimum absolute atomic E-state index is 0.106. The van der Waals surface area contributed by atoms with Crippen molar-refractivity contribution in [1.29, 1.82) is 0 Å². The molecule has 0 radical (unpaired) electrons. The zero-order chi connectivity index (χ0) is 12.3. The summed E-state index contributed by atoms with van der Waals surface area (Å²) in [4.78, 5) is 17.9. The Bertz CT molecular complexity index is 390. The topological polar surface area (TPSA) is 71.2 Å². The van der Waals surface area contributed by atoms with Gasteiger partial charge in [0.25, 0.3) is 5.91 Å². The second-order valence-electron chi connectivity index (χ2n) is 4.32. The monoisotopic (exact) mass is 234 g/mol. The van der Waals surface area contributed by atoms with Crippen molar-refractivity contribution in [3.05, 3.63) is 23.9 Å². The zero-order valence-corrected chi connectivity index (χ0v) is 10.0. The lowest BCUT2D eigenvalue weighted by molar-refractivity contribution is 0.0963. The van der Waals surface area contributed by atoms with Gasteiger partial charge in [0.05, 0.1) is 5.56 Å². The van der Waals surface area contributed by atoms with Crippen LogP contribution in [-0.4, -0.2) is 37.6 Å². The van der Waals surface area contributed by atoms with Crippen LogP contribution in [0, 0.1) is 5.92 Å². The van der Waals surface area contributed by atoms with E-state index in [1.54, 1.807) is 19.3 Å². The van der Waals surface area contributed by atoms with Gasteiger partial charge in [-0.3, -0.25) is 4.79 Å². The van der Waals surface area contributed by atoms with E-state index in [1.165, 1.54) is 0 Å². The van der Waals surface area contributed by atoms with Crippen LogP contribution in [0.2, 0.25) is 0 Å². The largest absolute Gasteiger partial charge is 0.356 e. The fraction of sp³-hybridized carbons (Fsp3) is 0.500. The van der Waals surface area contributed by atoms with Gasteiger partial charge in [-0.15, -0.1) is 0 Å². The first-order chi connectivity index (χ1) is 8.24. The Morgan fingerprint density at radius 2 is 2.47 bits per heavy atom. The lowest BCUT2D eigenvalue weighted by atomic mass is 10.1. The number of pyridine rings is 1. The van der Waals surface area contributed by atoms with Crippen LogP contribution in [0.1, 0.15) is 16.8 Å². The number of hydrogen-bond donors (Lipinski definition) is 2. The van der Waals surface area contributed by atoms with Crippen molar-refractivity contribution in [1.82, 2.24) is 10.3 Å². The van der Waals surface area contributed by atoms with Crippen molar-refractivity contribution in [2.24, 2.45) is 11.7 Å². The van der Waals surface area contributed by atoms with E-state index in [4.69, 9.17) is 5.73 Å². The molecule has 2 rings (SSSR count). The number of carbonyl (C=O) groups is 1. The highest BCUT2D eigenvalue weighted by Gasteiger charge is 2.22. The molecule has 0 aliphatic carbocycles. The number of amides is 1. The molecule has 92 valence electrons. The summed E-state index contributed by atoms with van der Waals surface area (Å²) in [6.45, 7) is 2.68. The van der Waals surface area contributed by atoms with Gasteiger partial charge in [-0.1, -0.05) is 0 Å². The van der Waals surface area contributed by atoms with Crippen LogP contribution in [0.4, 0.5) is 5.82 Å². The first-order valence-corrected chi connectivity index (χ1v) is 5.87. The Balaban J connectivity index is 2.06. The third-order valence-electron chi connectivity index (χ3n) is 3.18. The van der Waals surface area contributed by atoms with E-state index in [0.717, 1.165) is 31.9 Å². The smallest absolute Gasteiger partial charge is 0.252 e. The van der Waals surface area contributed by atoms with Crippen LogP contribution in [0.5, 0.6) is 0 Å². The minimum atomic E-state index is -0.106. The van der Waals surface area contributed by atoms with Gasteiger partial charge in [0, 0.05) is 26.3 Å². The molecule has 0 bridgehead atoms. The number of hydrogen-bond acceptors (Lipinski definition) is 4. The van der Waals surface area contributed by atoms with Gasteiger partial charge >= 0.3 is 0 Å². The minimum Gasteiger partial charge on any atom is -0.356 e. The predicted molar refractivity (Wildman–Crippen MR) is 67.0 cm³/mol. The normalized spacial score (nSPS) is 19.4. The number of anilines is 1. The molecule has 3 N–H and O–H groups in total. The molecule has 1 aromatic heterocycles. The molecule has 0 spiro atoms. The van der Waals surface area contributed by atoms with E-state index in [-0.39, 0.29) is 5.91 Å². The highest BCUT2D eigenvalue weighted by molar-refractivity contribution is 5.93. The molecule has 5 heteroatoms. The van der Waals surface area contributed by atoms with Crippen molar-refractivity contribution >= 4 is 11.7 Å². The summed E-state index contributed by atoms with van der Waals surface area (Å²) in [7, 11) is 1.61. The maximum Gasteiger partial charge on any atom is 0.252 e. The maximum atomic E-state index is 11.4. The average Bonchev–Trinajstić information content (AvgIpc) is 2.87. The molecule has 1 aromatic rings. The quantitative estimate of drug-likeness (QED) is 0.785. The van der Waals surface area contributed by atoms with Gasteiger partial charge in [0.2, 0.25) is 0 Å². The summed E-state index contributed by atoms with van der Waals surface area (Å²) in [6, 6.07) is 3.69. The van der Waals surface area contributed by atoms with Gasteiger partial charge in [0.15, 0.2) is 0 Å². The van der Waals surface area contributed by atoms with Gasteiger partial charge < -0.3 is 16.0 Å². The Morgan fingerprint density at radius 1 is 1.65 bits per heavy atom. The molecule has 0 aromatic carbocycles. The highest BCUT2D eigenvalue weighted by atomic mass is 16.1. The van der Waals surface area contributed by atoms with Gasteiger partial charge in [-0.25, -0.2) is 4.98 Å². The summed E-state index contributed by atoms with van der Waals surface area (Å²) in [5.74, 6) is 1.38. The van der Waals surface area contributed by atoms with Crippen LogP contribution in [-0.2, 0) is 0 Å². The zero-order valence-electron chi connectivity index (χ0n) is 10.0. The second-order valence-corrected chi connectivity index (χ2v) is 4.32. The summed E-state index contributed by atoms with van der Waals surface area (Å²) in [5, 5.41) is 2.58. The van der Waals surface area contributed by atoms with E-state index >= 15 is 0 Å². The molecule has 0 saturated carbocycles. The number of aromatic nitrogens is 1. The molecule has 1 unspecified atom stereocenters. The van der Waals surface area contributed by atoms with Crippen molar-refractivity contribution in [3.8, 4) is 0 Å². The van der Waals surface area contributed by atoms with E-state index in [1.807, 2.05) is 6.07 Å². The molecule has 1 aliphatic heterocycles. The second kappa shape index (κ2) is 5.14. The summed E-state index contributed by atoms with van der Waals surface area (Å²) in [5.41, 5.74) is 6.24. The molecule has 1 saturated heterocycles. The Morgan fingerprint density at radius 3 is 3.00 bits per heavy atom. The Labute approximate surface area is 101 Å². The number of carbonyl (C=O) groups excluding carboxylic acids is 1. The average molecular weight is 234 g/mol. The maximum absolute atomic E-state index is 11.4. The van der Waals surface area contributed by atoms with Crippen LogP contribution in [0.3, 0.4) is 0 Å². The van der Waals surface area contributed by atoms with E-state index in [0.29, 0.717) is 11.5 Å². The molecule has 1 amide bonds. The fourth-order valence-electron chi connectivity index (χ4n) is 2.08. The van der Waals surface area contributed by atoms with Gasteiger partial charge in [0.1, 0.15) is 5.82 Å². The van der Waals surface area contributed by atoms with Crippen molar-refractivity contribution < 1.29 is 4.79 Å². The number of rotatable bonds is 3. The molecule has 1 fully saturated rings. The third kappa shape index (κ3) is 2.55. The lowest BCUT2D eigenvalue weighted by Crippen LogP contribution is -2.24. The number of nitrogens with zero attached hydrogens (tertiary/aromatic N) is 2. The Hall–Kier alpha value is -1.62.